The molecule has 1 aliphatic heterocycles. The van der Waals surface area contributed by atoms with Crippen molar-refractivity contribution in [2.45, 2.75) is 45.7 Å². The second kappa shape index (κ2) is 7.43. The zero-order chi connectivity index (χ0) is 19.6. The van der Waals surface area contributed by atoms with Crippen LogP contribution in [-0.4, -0.2) is 30.1 Å². The fourth-order valence-electron chi connectivity index (χ4n) is 3.63. The summed E-state index contributed by atoms with van der Waals surface area (Å²) in [5.74, 6) is -0.492. The summed E-state index contributed by atoms with van der Waals surface area (Å²) in [5.41, 5.74) is 2.58. The van der Waals surface area contributed by atoms with Crippen molar-refractivity contribution in [1.29, 1.82) is 0 Å². The van der Waals surface area contributed by atoms with Gasteiger partial charge in [0.1, 0.15) is 0 Å². The van der Waals surface area contributed by atoms with E-state index in [0.717, 1.165) is 22.5 Å². The molecule has 2 aromatic carbocycles. The van der Waals surface area contributed by atoms with Gasteiger partial charge in [-0.3, -0.25) is 9.69 Å². The van der Waals surface area contributed by atoms with E-state index in [1.807, 2.05) is 62.4 Å². The predicted octanol–water partition coefficient (Wildman–Crippen LogP) is 3.84. The van der Waals surface area contributed by atoms with Crippen LogP contribution in [-0.2, 0) is 14.3 Å². The average molecular weight is 366 g/mol. The maximum atomic E-state index is 13.0. The largest absolute Gasteiger partial charge is 0.464 e. The van der Waals surface area contributed by atoms with Crippen molar-refractivity contribution in [3.63, 3.8) is 0 Å². The molecular weight excluding hydrogens is 340 g/mol. The molecule has 0 bridgehead atoms. The first-order valence-electron chi connectivity index (χ1n) is 9.27. The minimum atomic E-state index is -1.13. The van der Waals surface area contributed by atoms with Gasteiger partial charge < -0.3 is 10.1 Å². The Kier molecular flexibility index (Phi) is 5.22. The lowest BCUT2D eigenvalue weighted by atomic mass is 9.92. The first-order valence-corrected chi connectivity index (χ1v) is 9.27. The van der Waals surface area contributed by atoms with Gasteiger partial charge in [-0.1, -0.05) is 35.9 Å². The summed E-state index contributed by atoms with van der Waals surface area (Å²) < 4.78 is 5.38. The van der Waals surface area contributed by atoms with E-state index in [9.17, 15) is 9.59 Å². The fraction of sp³-hybridized carbons (Fsp3) is 0.364. The number of hydrogen-bond donors (Lipinski definition) is 1. The number of esters is 1. The molecule has 27 heavy (non-hydrogen) atoms. The number of carbonyl (C=O) groups excluding carboxylic acids is 2. The topological polar surface area (TPSA) is 58.6 Å². The number of para-hydroxylation sites is 1. The Morgan fingerprint density at radius 1 is 1.19 bits per heavy atom. The molecule has 1 heterocycles. The van der Waals surface area contributed by atoms with Crippen LogP contribution >= 0.6 is 0 Å². The maximum Gasteiger partial charge on any atom is 0.334 e. The molecule has 142 valence electrons. The zero-order valence-electron chi connectivity index (χ0n) is 16.3. The Hall–Kier alpha value is -2.82. The SMILES string of the molecule is CCOC(=O)[C@]1(C)C(Nc2ccc(C)cc2)CC(=O)N1c1ccccc1C. The third-order valence-corrected chi connectivity index (χ3v) is 5.21. The van der Waals surface area contributed by atoms with E-state index in [-0.39, 0.29) is 18.9 Å². The van der Waals surface area contributed by atoms with Crippen molar-refractivity contribution in [2.24, 2.45) is 0 Å². The normalized spacial score (nSPS) is 22.0. The first kappa shape index (κ1) is 19.0. The average Bonchev–Trinajstić information content (AvgIpc) is 2.89. The summed E-state index contributed by atoms with van der Waals surface area (Å²) in [6.45, 7) is 7.79. The van der Waals surface area contributed by atoms with Gasteiger partial charge in [0.05, 0.1) is 19.1 Å². The molecule has 5 heteroatoms. The molecule has 1 unspecified atom stereocenters. The standard InChI is InChI=1S/C22H26N2O3/c1-5-27-21(26)22(4)19(23-17-12-10-15(2)11-13-17)14-20(25)24(22)18-9-7-6-8-16(18)3/h6-13,19,23H,5,14H2,1-4H3/t19?,22-/m0/s1. The maximum absolute atomic E-state index is 13.0. The van der Waals surface area contributed by atoms with Crippen LogP contribution in [0.3, 0.4) is 0 Å². The minimum absolute atomic E-state index is 0.0931. The van der Waals surface area contributed by atoms with Crippen LogP contribution in [0.5, 0.6) is 0 Å². The highest BCUT2D eigenvalue weighted by atomic mass is 16.5. The van der Waals surface area contributed by atoms with E-state index in [4.69, 9.17) is 4.74 Å². The quantitative estimate of drug-likeness (QED) is 0.817. The van der Waals surface area contributed by atoms with Crippen molar-refractivity contribution in [3.05, 3.63) is 59.7 Å². The van der Waals surface area contributed by atoms with Gasteiger partial charge in [-0.05, 0) is 51.5 Å². The molecule has 1 fully saturated rings. The molecular formula is C22H26N2O3. The van der Waals surface area contributed by atoms with Crippen molar-refractivity contribution >= 4 is 23.3 Å². The van der Waals surface area contributed by atoms with Crippen LogP contribution in [0.1, 0.15) is 31.4 Å². The second-order valence-electron chi connectivity index (χ2n) is 7.15. The van der Waals surface area contributed by atoms with E-state index in [1.54, 1.807) is 18.7 Å². The molecule has 2 atom stereocenters. The van der Waals surface area contributed by atoms with Crippen LogP contribution in [0, 0.1) is 13.8 Å². The highest BCUT2D eigenvalue weighted by Crippen LogP contribution is 2.39. The number of nitrogens with one attached hydrogen (secondary N) is 1. The highest BCUT2D eigenvalue weighted by molar-refractivity contribution is 6.07. The zero-order valence-corrected chi connectivity index (χ0v) is 16.3. The Morgan fingerprint density at radius 2 is 1.85 bits per heavy atom. The number of nitrogens with zero attached hydrogens (tertiary/aromatic N) is 1. The lowest BCUT2D eigenvalue weighted by Crippen LogP contribution is -2.58. The van der Waals surface area contributed by atoms with Crippen molar-refractivity contribution in [3.8, 4) is 0 Å². The van der Waals surface area contributed by atoms with Gasteiger partial charge in [0.2, 0.25) is 5.91 Å². The summed E-state index contributed by atoms with van der Waals surface area (Å²) in [4.78, 5) is 27.6. The predicted molar refractivity (Wildman–Crippen MR) is 107 cm³/mol. The summed E-state index contributed by atoms with van der Waals surface area (Å²) in [7, 11) is 0. The molecule has 3 rings (SSSR count). The molecule has 5 nitrogen and oxygen atoms in total. The minimum Gasteiger partial charge on any atom is -0.464 e. The molecule has 0 radical (unpaired) electrons. The van der Waals surface area contributed by atoms with Crippen LogP contribution in [0.2, 0.25) is 0 Å². The Bertz CT molecular complexity index is 847. The van der Waals surface area contributed by atoms with Gasteiger partial charge in [-0.2, -0.15) is 0 Å². The molecule has 1 N–H and O–H groups in total. The third-order valence-electron chi connectivity index (χ3n) is 5.21. The Labute approximate surface area is 160 Å². The van der Waals surface area contributed by atoms with E-state index >= 15 is 0 Å². The number of benzene rings is 2. The number of amides is 1. The summed E-state index contributed by atoms with van der Waals surface area (Å²) in [6, 6.07) is 15.1. The Morgan fingerprint density at radius 3 is 2.48 bits per heavy atom. The molecule has 0 spiro atoms. The molecule has 1 amide bonds. The number of hydrogen-bond acceptors (Lipinski definition) is 4. The fourth-order valence-corrected chi connectivity index (χ4v) is 3.63. The molecule has 2 aromatic rings. The number of anilines is 2. The second-order valence-corrected chi connectivity index (χ2v) is 7.15. The lowest BCUT2D eigenvalue weighted by molar-refractivity contribution is -0.149. The molecule has 1 saturated heterocycles. The van der Waals surface area contributed by atoms with E-state index < -0.39 is 17.6 Å². The third kappa shape index (κ3) is 3.42. The van der Waals surface area contributed by atoms with Crippen LogP contribution in [0.4, 0.5) is 11.4 Å². The Balaban J connectivity index is 2.03. The highest BCUT2D eigenvalue weighted by Gasteiger charge is 2.56. The van der Waals surface area contributed by atoms with Gasteiger partial charge in [0, 0.05) is 11.4 Å². The van der Waals surface area contributed by atoms with Gasteiger partial charge in [-0.25, -0.2) is 4.79 Å². The van der Waals surface area contributed by atoms with Gasteiger partial charge in [-0.15, -0.1) is 0 Å². The van der Waals surface area contributed by atoms with Crippen LogP contribution in [0.15, 0.2) is 48.5 Å². The van der Waals surface area contributed by atoms with Crippen molar-refractivity contribution < 1.29 is 14.3 Å². The molecule has 0 aliphatic carbocycles. The molecule has 0 saturated carbocycles. The summed E-state index contributed by atoms with van der Waals surface area (Å²) in [5, 5.41) is 3.38. The summed E-state index contributed by atoms with van der Waals surface area (Å²) >= 11 is 0. The van der Waals surface area contributed by atoms with Crippen molar-refractivity contribution in [1.82, 2.24) is 0 Å². The molecule has 1 aliphatic rings. The smallest absolute Gasteiger partial charge is 0.334 e. The monoisotopic (exact) mass is 366 g/mol. The summed E-state index contributed by atoms with van der Waals surface area (Å²) in [6.07, 6.45) is 0.220. The van der Waals surface area contributed by atoms with Gasteiger partial charge >= 0.3 is 5.97 Å². The number of aryl methyl sites for hydroxylation is 2. The van der Waals surface area contributed by atoms with E-state index in [1.165, 1.54) is 0 Å². The lowest BCUT2D eigenvalue weighted by Gasteiger charge is -2.37. The van der Waals surface area contributed by atoms with Crippen LogP contribution in [0.25, 0.3) is 0 Å². The first-order chi connectivity index (χ1) is 12.9. The van der Waals surface area contributed by atoms with E-state index in [0.29, 0.717) is 0 Å². The number of rotatable bonds is 5. The molecule has 0 aromatic heterocycles. The van der Waals surface area contributed by atoms with Gasteiger partial charge in [0.25, 0.3) is 0 Å². The van der Waals surface area contributed by atoms with Crippen molar-refractivity contribution in [2.75, 3.05) is 16.8 Å². The van der Waals surface area contributed by atoms with E-state index in [2.05, 4.69) is 5.32 Å². The van der Waals surface area contributed by atoms with Gasteiger partial charge in [0.15, 0.2) is 5.54 Å². The van der Waals surface area contributed by atoms with Crippen LogP contribution < -0.4 is 10.2 Å². The number of ether oxygens (including phenoxy) is 1. The number of carbonyl (C=O) groups is 2.